The maximum absolute atomic E-state index is 12.7. The van der Waals surface area contributed by atoms with Gasteiger partial charge in [0.25, 0.3) is 0 Å². The van der Waals surface area contributed by atoms with E-state index in [4.69, 9.17) is 5.26 Å². The molecule has 0 spiro atoms. The number of nitrogens with zero attached hydrogens (tertiary/aromatic N) is 1. The summed E-state index contributed by atoms with van der Waals surface area (Å²) in [7, 11) is 1.01. The van der Waals surface area contributed by atoms with Crippen molar-refractivity contribution < 1.29 is 22.5 Å². The Morgan fingerprint density at radius 2 is 2.12 bits per heavy atom. The Morgan fingerprint density at radius 3 is 2.59 bits per heavy atom. The van der Waals surface area contributed by atoms with Gasteiger partial charge in [0.2, 0.25) is 0 Å². The Hall–Kier alpha value is -1.97. The molecule has 3 nitrogen and oxygen atoms in total. The number of hydrogen-bond acceptors (Lipinski definition) is 3. The van der Waals surface area contributed by atoms with Crippen LogP contribution in [0.15, 0.2) is 18.2 Å². The minimum absolute atomic E-state index is 0.138. The van der Waals surface area contributed by atoms with Crippen LogP contribution < -0.4 is 5.46 Å². The van der Waals surface area contributed by atoms with Gasteiger partial charge >= 0.3 is 12.9 Å². The highest BCUT2D eigenvalue weighted by molar-refractivity contribution is 6.74. The molecule has 0 aliphatic heterocycles. The minimum atomic E-state index is -5.32. The van der Waals surface area contributed by atoms with E-state index in [9.17, 15) is 17.7 Å². The van der Waals surface area contributed by atoms with Gasteiger partial charge in [0, 0.05) is 5.56 Å². The lowest BCUT2D eigenvalue weighted by atomic mass is 9.76. The van der Waals surface area contributed by atoms with E-state index in [1.165, 1.54) is 6.07 Å². The van der Waals surface area contributed by atoms with Crippen molar-refractivity contribution in [2.24, 2.45) is 0 Å². The first-order chi connectivity index (χ1) is 7.90. The molecule has 1 rings (SSSR count). The number of hydrogen-bond donors (Lipinski definition) is 0. The lowest BCUT2D eigenvalue weighted by Gasteiger charge is -2.19. The van der Waals surface area contributed by atoms with Crippen LogP contribution in [0.5, 0.6) is 0 Å². The van der Waals surface area contributed by atoms with Crippen LogP contribution in [-0.4, -0.2) is 20.1 Å². The van der Waals surface area contributed by atoms with Crippen molar-refractivity contribution >= 4 is 18.4 Å². The molecule has 1 aromatic carbocycles. The molecule has 0 aliphatic carbocycles. The lowest BCUT2D eigenvalue weighted by molar-refractivity contribution is 0.0601. The van der Waals surface area contributed by atoms with Crippen molar-refractivity contribution in [3.8, 4) is 6.07 Å². The summed E-state index contributed by atoms with van der Waals surface area (Å²) in [6.07, 6.45) is -0.138. The monoisotopic (exact) mass is 242 g/mol. The van der Waals surface area contributed by atoms with Crippen LogP contribution in [0.3, 0.4) is 0 Å². The highest BCUT2D eigenvalue weighted by Crippen LogP contribution is 2.15. The summed E-state index contributed by atoms with van der Waals surface area (Å²) >= 11 is 0. The van der Waals surface area contributed by atoms with Crippen LogP contribution in [0.1, 0.15) is 15.9 Å². The zero-order valence-corrected chi connectivity index (χ0v) is 8.91. The first kappa shape index (κ1) is 13.1. The second-order valence-corrected chi connectivity index (χ2v) is 3.32. The van der Waals surface area contributed by atoms with Crippen molar-refractivity contribution in [3.63, 3.8) is 0 Å². The molecular formula is C10H8BF3NO2-. The normalized spacial score (nSPS) is 10.8. The molecule has 0 heterocycles. The Morgan fingerprint density at radius 1 is 1.47 bits per heavy atom. The summed E-state index contributed by atoms with van der Waals surface area (Å²) in [5.74, 6) is -1.04. The molecule has 0 saturated carbocycles. The number of rotatable bonds is 3. The number of nitriles is 1. The number of halogens is 3. The van der Waals surface area contributed by atoms with Gasteiger partial charge in [0.05, 0.1) is 19.6 Å². The molecule has 0 atom stereocenters. The maximum atomic E-state index is 12.7. The van der Waals surface area contributed by atoms with Crippen molar-refractivity contribution in [1.82, 2.24) is 0 Å². The van der Waals surface area contributed by atoms with Gasteiger partial charge in [-0.05, 0) is 5.56 Å². The van der Waals surface area contributed by atoms with Crippen molar-refractivity contribution in [2.45, 2.75) is 6.42 Å². The number of esters is 1. The fourth-order valence-electron chi connectivity index (χ4n) is 1.38. The molecule has 0 aliphatic rings. The first-order valence-electron chi connectivity index (χ1n) is 4.68. The summed E-state index contributed by atoms with van der Waals surface area (Å²) < 4.78 is 42.5. The van der Waals surface area contributed by atoms with Crippen LogP contribution in [0.2, 0.25) is 0 Å². The van der Waals surface area contributed by atoms with Crippen molar-refractivity contribution in [2.75, 3.05) is 7.11 Å². The number of carbonyl (C=O) groups excluding carboxylic acids is 1. The van der Waals surface area contributed by atoms with E-state index in [2.05, 4.69) is 4.74 Å². The zero-order valence-electron chi connectivity index (χ0n) is 8.91. The third-order valence-corrected chi connectivity index (χ3v) is 2.16. The molecule has 0 bridgehead atoms. The second kappa shape index (κ2) is 4.91. The number of methoxy groups -OCH3 is 1. The summed E-state index contributed by atoms with van der Waals surface area (Å²) in [5, 5.41) is 8.42. The first-order valence-corrected chi connectivity index (χ1v) is 4.68. The molecule has 0 aromatic heterocycles. The Bertz CT molecular complexity index is 479. The van der Waals surface area contributed by atoms with Crippen molar-refractivity contribution in [3.05, 3.63) is 29.3 Å². The quantitative estimate of drug-likeness (QED) is 0.597. The largest absolute Gasteiger partial charge is 0.510 e. The molecule has 1 aromatic rings. The van der Waals surface area contributed by atoms with Gasteiger partial charge in [-0.1, -0.05) is 23.7 Å². The van der Waals surface area contributed by atoms with E-state index < -0.39 is 24.0 Å². The van der Waals surface area contributed by atoms with E-state index in [-0.39, 0.29) is 12.0 Å². The van der Waals surface area contributed by atoms with Gasteiger partial charge in [-0.25, -0.2) is 4.79 Å². The van der Waals surface area contributed by atoms with Gasteiger partial charge < -0.3 is 17.7 Å². The lowest BCUT2D eigenvalue weighted by Crippen LogP contribution is -2.39. The molecule has 7 heteroatoms. The Balaban J connectivity index is 3.33. The highest BCUT2D eigenvalue weighted by atomic mass is 19.4. The van der Waals surface area contributed by atoms with Gasteiger partial charge in [-0.2, -0.15) is 5.26 Å². The summed E-state index contributed by atoms with van der Waals surface area (Å²) in [6, 6.07) is 4.90. The fourth-order valence-corrected chi connectivity index (χ4v) is 1.38. The minimum Gasteiger partial charge on any atom is -0.465 e. The van der Waals surface area contributed by atoms with Crippen LogP contribution in [-0.2, 0) is 11.2 Å². The molecule has 0 amide bonds. The molecule has 17 heavy (non-hydrogen) atoms. The Kier molecular flexibility index (Phi) is 3.79. The molecule has 0 radical (unpaired) electrons. The molecule has 0 saturated heterocycles. The average molecular weight is 242 g/mol. The van der Waals surface area contributed by atoms with E-state index >= 15 is 0 Å². The van der Waals surface area contributed by atoms with Crippen LogP contribution >= 0.6 is 0 Å². The zero-order chi connectivity index (χ0) is 13.1. The van der Waals surface area contributed by atoms with Gasteiger partial charge in [0.15, 0.2) is 0 Å². The predicted molar refractivity (Wildman–Crippen MR) is 55.8 cm³/mol. The number of ether oxygens (including phenoxy) is 1. The predicted octanol–water partition coefficient (Wildman–Crippen LogP) is 1.59. The molecule has 0 fully saturated rings. The SMILES string of the molecule is COC(=O)c1ccc(CC#N)cc1[B-](F)(F)F. The topological polar surface area (TPSA) is 50.1 Å². The summed E-state index contributed by atoms with van der Waals surface area (Å²) in [5.41, 5.74) is -1.33. The molecule has 0 N–H and O–H groups in total. The number of benzene rings is 1. The van der Waals surface area contributed by atoms with Gasteiger partial charge in [-0.3, -0.25) is 0 Å². The standard InChI is InChI=1S/C10H8BF3NO2/c1-17-10(16)8-3-2-7(4-5-15)6-9(8)11(12,13)14/h2-3,6H,4H2,1H3/q-1. The molecule has 90 valence electrons. The van der Waals surface area contributed by atoms with E-state index in [0.717, 1.165) is 19.2 Å². The highest BCUT2D eigenvalue weighted by Gasteiger charge is 2.30. The van der Waals surface area contributed by atoms with Crippen LogP contribution in [0.4, 0.5) is 12.9 Å². The number of carbonyl (C=O) groups is 1. The summed E-state index contributed by atoms with van der Waals surface area (Å²) in [6.45, 7) is -5.32. The summed E-state index contributed by atoms with van der Waals surface area (Å²) in [4.78, 5) is 11.2. The van der Waals surface area contributed by atoms with E-state index in [1.807, 2.05) is 0 Å². The third-order valence-electron chi connectivity index (χ3n) is 2.16. The Labute approximate surface area is 95.9 Å². The van der Waals surface area contributed by atoms with E-state index in [0.29, 0.717) is 0 Å². The van der Waals surface area contributed by atoms with Gasteiger partial charge in [0.1, 0.15) is 0 Å². The smallest absolute Gasteiger partial charge is 0.465 e. The van der Waals surface area contributed by atoms with Gasteiger partial charge in [-0.15, -0.1) is 0 Å². The molecule has 0 unspecified atom stereocenters. The van der Waals surface area contributed by atoms with Crippen LogP contribution in [0.25, 0.3) is 0 Å². The third kappa shape index (κ3) is 3.00. The molecular weight excluding hydrogens is 234 g/mol. The average Bonchev–Trinajstić information content (AvgIpc) is 2.27. The fraction of sp³-hybridized carbons (Fsp3) is 0.200. The van der Waals surface area contributed by atoms with E-state index in [1.54, 1.807) is 6.07 Å². The van der Waals surface area contributed by atoms with Crippen LogP contribution in [0, 0.1) is 11.3 Å². The second-order valence-electron chi connectivity index (χ2n) is 3.32. The van der Waals surface area contributed by atoms with Crippen molar-refractivity contribution in [1.29, 1.82) is 5.26 Å². The maximum Gasteiger partial charge on any atom is 0.510 e.